The normalized spacial score (nSPS) is 14.2. The lowest BCUT2D eigenvalue weighted by molar-refractivity contribution is 0.0983. The average Bonchev–Trinajstić information content (AvgIpc) is 2.53. The van der Waals surface area contributed by atoms with Gasteiger partial charge in [-0.2, -0.15) is 0 Å². The number of hydrogen-bond acceptors (Lipinski definition) is 2. The quantitative estimate of drug-likeness (QED) is 0.816. The molecule has 2 nitrogen and oxygen atoms in total. The molecule has 0 aromatic heterocycles. The smallest absolute Gasteiger partial charge is 0.0748 e. The fourth-order valence-electron chi connectivity index (χ4n) is 2.24. The molecule has 0 saturated heterocycles. The van der Waals surface area contributed by atoms with E-state index in [1.807, 2.05) is 54.6 Å². The van der Waals surface area contributed by atoms with E-state index in [2.05, 4.69) is 12.1 Å². The van der Waals surface area contributed by atoms with Crippen molar-refractivity contribution in [2.75, 3.05) is 0 Å². The van der Waals surface area contributed by atoms with Crippen LogP contribution in [0.2, 0.25) is 0 Å². The van der Waals surface area contributed by atoms with Gasteiger partial charge in [0, 0.05) is 6.42 Å². The van der Waals surface area contributed by atoms with Crippen LogP contribution >= 0.6 is 0 Å². The van der Waals surface area contributed by atoms with Crippen molar-refractivity contribution in [3.05, 3.63) is 77.9 Å². The van der Waals surface area contributed by atoms with Crippen molar-refractivity contribution < 1.29 is 10.2 Å². The molecule has 110 valence electrons. The summed E-state index contributed by atoms with van der Waals surface area (Å²) >= 11 is 0. The first kappa shape index (κ1) is 15.5. The Morgan fingerprint density at radius 3 is 2.14 bits per heavy atom. The van der Waals surface area contributed by atoms with Crippen molar-refractivity contribution in [3.63, 3.8) is 0 Å². The van der Waals surface area contributed by atoms with Crippen LogP contribution in [0.3, 0.4) is 0 Å². The highest BCUT2D eigenvalue weighted by Gasteiger charge is 2.09. The maximum absolute atomic E-state index is 9.98. The van der Waals surface area contributed by atoms with E-state index in [1.165, 1.54) is 5.56 Å². The lowest BCUT2D eigenvalue weighted by atomic mass is 10.0. The van der Waals surface area contributed by atoms with Gasteiger partial charge in [-0.3, -0.25) is 0 Å². The van der Waals surface area contributed by atoms with E-state index < -0.39 is 12.2 Å². The van der Waals surface area contributed by atoms with Crippen LogP contribution in [-0.2, 0) is 6.42 Å². The van der Waals surface area contributed by atoms with Gasteiger partial charge in [-0.25, -0.2) is 0 Å². The summed E-state index contributed by atoms with van der Waals surface area (Å²) in [5, 5.41) is 19.9. The molecule has 0 aliphatic heterocycles. The molecule has 0 saturated carbocycles. The molecule has 21 heavy (non-hydrogen) atoms. The summed E-state index contributed by atoms with van der Waals surface area (Å²) < 4.78 is 0. The van der Waals surface area contributed by atoms with Crippen molar-refractivity contribution in [3.8, 4) is 0 Å². The van der Waals surface area contributed by atoms with Crippen molar-refractivity contribution in [2.24, 2.45) is 0 Å². The molecule has 2 aromatic carbocycles. The lowest BCUT2D eigenvalue weighted by Gasteiger charge is -2.13. The predicted molar refractivity (Wildman–Crippen MR) is 86.9 cm³/mol. The zero-order valence-electron chi connectivity index (χ0n) is 12.1. The van der Waals surface area contributed by atoms with Crippen LogP contribution in [0.4, 0.5) is 0 Å². The number of aliphatic hydroxyl groups is 2. The number of aryl methyl sites for hydroxylation is 1. The van der Waals surface area contributed by atoms with Crippen LogP contribution in [-0.4, -0.2) is 22.4 Å². The molecule has 0 heterocycles. The van der Waals surface area contributed by atoms with E-state index in [4.69, 9.17) is 0 Å². The summed E-state index contributed by atoms with van der Waals surface area (Å²) in [6.45, 7) is 0. The molecule has 0 bridgehead atoms. The van der Waals surface area contributed by atoms with Gasteiger partial charge in [0.2, 0.25) is 0 Å². The van der Waals surface area contributed by atoms with E-state index in [-0.39, 0.29) is 0 Å². The second-order valence-electron chi connectivity index (χ2n) is 5.25. The third-order valence-corrected chi connectivity index (χ3v) is 3.43. The van der Waals surface area contributed by atoms with Gasteiger partial charge >= 0.3 is 0 Å². The highest BCUT2D eigenvalue weighted by atomic mass is 16.3. The third kappa shape index (κ3) is 5.94. The highest BCUT2D eigenvalue weighted by molar-refractivity contribution is 5.49. The SMILES string of the molecule is O[C@@H](CCc1ccccc1)C[C@@H](O)C=Cc1ccccc1. The van der Waals surface area contributed by atoms with Crippen LogP contribution in [0.25, 0.3) is 6.08 Å². The van der Waals surface area contributed by atoms with E-state index >= 15 is 0 Å². The standard InChI is InChI=1S/C19H22O2/c20-18(13-11-16-7-3-1-4-8-16)15-19(21)14-12-17-9-5-2-6-10-17/h1-11,13,18-21H,12,14-15H2/t18-,19-/m0/s1. The molecule has 2 heteroatoms. The molecule has 0 amide bonds. The fraction of sp³-hybridized carbons (Fsp3) is 0.263. The van der Waals surface area contributed by atoms with E-state index in [0.29, 0.717) is 12.8 Å². The maximum atomic E-state index is 9.98. The minimum Gasteiger partial charge on any atom is -0.393 e. The Morgan fingerprint density at radius 1 is 0.857 bits per heavy atom. The second-order valence-corrected chi connectivity index (χ2v) is 5.25. The van der Waals surface area contributed by atoms with Gasteiger partial charge < -0.3 is 10.2 Å². The minimum absolute atomic E-state index is 0.371. The Bertz CT molecular complexity index is 534. The minimum atomic E-state index is -0.615. The summed E-state index contributed by atoms with van der Waals surface area (Å²) in [6, 6.07) is 19.9. The zero-order valence-corrected chi connectivity index (χ0v) is 12.1. The van der Waals surface area contributed by atoms with Gasteiger partial charge in [-0.05, 0) is 24.0 Å². The lowest BCUT2D eigenvalue weighted by Crippen LogP contribution is -2.16. The van der Waals surface area contributed by atoms with E-state index in [0.717, 1.165) is 12.0 Å². The maximum Gasteiger partial charge on any atom is 0.0748 e. The Kier molecular flexibility index (Phi) is 6.20. The van der Waals surface area contributed by atoms with Crippen LogP contribution in [0.15, 0.2) is 66.7 Å². The molecule has 0 unspecified atom stereocenters. The predicted octanol–water partition coefficient (Wildman–Crippen LogP) is 3.44. The third-order valence-electron chi connectivity index (χ3n) is 3.43. The largest absolute Gasteiger partial charge is 0.393 e. The van der Waals surface area contributed by atoms with Gasteiger partial charge in [0.1, 0.15) is 0 Å². The summed E-state index contributed by atoms with van der Waals surface area (Å²) in [6.07, 6.45) is 4.39. The molecule has 2 atom stereocenters. The fourth-order valence-corrected chi connectivity index (χ4v) is 2.24. The molecule has 2 rings (SSSR count). The average molecular weight is 282 g/mol. The Labute approximate surface area is 126 Å². The summed E-state index contributed by atoms with van der Waals surface area (Å²) in [5.74, 6) is 0. The number of benzene rings is 2. The number of aliphatic hydroxyl groups excluding tert-OH is 2. The van der Waals surface area contributed by atoms with Crippen molar-refractivity contribution in [1.29, 1.82) is 0 Å². The molecular weight excluding hydrogens is 260 g/mol. The number of rotatable bonds is 7. The monoisotopic (exact) mass is 282 g/mol. The molecule has 0 fully saturated rings. The van der Waals surface area contributed by atoms with Crippen LogP contribution in [0, 0.1) is 0 Å². The summed E-state index contributed by atoms with van der Waals surface area (Å²) in [4.78, 5) is 0. The molecule has 2 aromatic rings. The van der Waals surface area contributed by atoms with Crippen LogP contribution in [0.1, 0.15) is 24.0 Å². The number of hydrogen-bond donors (Lipinski definition) is 2. The molecule has 0 aliphatic rings. The first-order valence-corrected chi connectivity index (χ1v) is 7.37. The van der Waals surface area contributed by atoms with E-state index in [1.54, 1.807) is 6.08 Å². The van der Waals surface area contributed by atoms with Gasteiger partial charge in [0.25, 0.3) is 0 Å². The molecule has 0 aliphatic carbocycles. The van der Waals surface area contributed by atoms with Crippen molar-refractivity contribution in [2.45, 2.75) is 31.5 Å². The summed E-state index contributed by atoms with van der Waals surface area (Å²) in [7, 11) is 0. The topological polar surface area (TPSA) is 40.5 Å². The van der Waals surface area contributed by atoms with Crippen LogP contribution < -0.4 is 0 Å². The van der Waals surface area contributed by atoms with Crippen molar-refractivity contribution >= 4 is 6.08 Å². The van der Waals surface area contributed by atoms with Crippen molar-refractivity contribution in [1.82, 2.24) is 0 Å². The first-order valence-electron chi connectivity index (χ1n) is 7.37. The molecular formula is C19H22O2. The molecule has 0 spiro atoms. The van der Waals surface area contributed by atoms with Gasteiger partial charge in [0.15, 0.2) is 0 Å². The Morgan fingerprint density at radius 2 is 1.48 bits per heavy atom. The van der Waals surface area contributed by atoms with Crippen LogP contribution in [0.5, 0.6) is 0 Å². The molecule has 2 N–H and O–H groups in total. The van der Waals surface area contributed by atoms with Gasteiger partial charge in [0.05, 0.1) is 12.2 Å². The Balaban J connectivity index is 1.74. The van der Waals surface area contributed by atoms with Gasteiger partial charge in [-0.15, -0.1) is 0 Å². The molecule has 0 radical (unpaired) electrons. The van der Waals surface area contributed by atoms with Gasteiger partial charge in [-0.1, -0.05) is 72.8 Å². The highest BCUT2D eigenvalue weighted by Crippen LogP contribution is 2.11. The zero-order chi connectivity index (χ0) is 14.9. The van der Waals surface area contributed by atoms with E-state index in [9.17, 15) is 10.2 Å². The second kappa shape index (κ2) is 8.40. The Hall–Kier alpha value is -1.90. The summed E-state index contributed by atoms with van der Waals surface area (Å²) in [5.41, 5.74) is 2.26. The first-order chi connectivity index (χ1) is 10.2.